The van der Waals surface area contributed by atoms with Crippen LogP contribution in [-0.4, -0.2) is 23.5 Å². The van der Waals surface area contributed by atoms with Crippen molar-refractivity contribution in [1.29, 1.82) is 0 Å². The van der Waals surface area contributed by atoms with E-state index in [0.29, 0.717) is 12.0 Å². The number of likely N-dealkylation sites (N-methyl/N-ethyl adjacent to an activating group) is 1. The van der Waals surface area contributed by atoms with Crippen molar-refractivity contribution in [3.8, 4) is 0 Å². The minimum Gasteiger partial charge on any atom is -0.294 e. The Bertz CT molecular complexity index is 631. The first-order valence-corrected chi connectivity index (χ1v) is 8.13. The number of hydrogen-bond acceptors (Lipinski definition) is 1. The number of likely N-dealkylation sites (tertiary alicyclic amines) is 1. The summed E-state index contributed by atoms with van der Waals surface area (Å²) in [5.41, 5.74) is 2.76. The van der Waals surface area contributed by atoms with Gasteiger partial charge in [0.25, 0.3) is 0 Å². The van der Waals surface area contributed by atoms with Gasteiger partial charge in [-0.15, -0.1) is 0 Å². The highest BCUT2D eigenvalue weighted by atomic mass is 15.2. The van der Waals surface area contributed by atoms with E-state index in [0.717, 1.165) is 0 Å². The number of nitrogens with zero attached hydrogens (tertiary/aromatic N) is 1. The van der Waals surface area contributed by atoms with Crippen molar-refractivity contribution < 1.29 is 0 Å². The largest absolute Gasteiger partial charge is 0.294 e. The van der Waals surface area contributed by atoms with Gasteiger partial charge in [0, 0.05) is 17.5 Å². The Balaban J connectivity index is 1.95. The fourth-order valence-electron chi connectivity index (χ4n) is 3.68. The zero-order valence-corrected chi connectivity index (χ0v) is 13.7. The second-order valence-electron chi connectivity index (χ2n) is 6.63. The van der Waals surface area contributed by atoms with Crippen LogP contribution in [0.5, 0.6) is 0 Å². The van der Waals surface area contributed by atoms with Gasteiger partial charge in [0.1, 0.15) is 0 Å². The molecule has 0 saturated carbocycles. The molecule has 114 valence electrons. The summed E-state index contributed by atoms with van der Waals surface area (Å²) < 4.78 is 0. The van der Waals surface area contributed by atoms with Crippen LogP contribution in [0.4, 0.5) is 0 Å². The number of benzene rings is 2. The second-order valence-corrected chi connectivity index (χ2v) is 6.63. The van der Waals surface area contributed by atoms with Crippen molar-refractivity contribution in [3.05, 3.63) is 77.9 Å². The molecule has 1 aliphatic rings. The van der Waals surface area contributed by atoms with E-state index in [4.69, 9.17) is 0 Å². The molecule has 1 heteroatoms. The SMILES string of the molecule is CC1C[C@H](c2ccccc2)[C@@](C)(C=Cc2ccccc2)N1C. The van der Waals surface area contributed by atoms with Crippen LogP contribution in [0.3, 0.4) is 0 Å². The molecule has 22 heavy (non-hydrogen) atoms. The lowest BCUT2D eigenvalue weighted by atomic mass is 9.80. The molecule has 3 rings (SSSR count). The Morgan fingerprint density at radius 1 is 1.00 bits per heavy atom. The smallest absolute Gasteiger partial charge is 0.0435 e. The molecule has 0 bridgehead atoms. The van der Waals surface area contributed by atoms with Crippen molar-refractivity contribution >= 4 is 6.08 Å². The van der Waals surface area contributed by atoms with Gasteiger partial charge >= 0.3 is 0 Å². The van der Waals surface area contributed by atoms with Crippen molar-refractivity contribution in [2.24, 2.45) is 0 Å². The maximum absolute atomic E-state index is 2.52. The molecule has 1 heterocycles. The van der Waals surface area contributed by atoms with Crippen LogP contribution < -0.4 is 0 Å². The number of rotatable bonds is 3. The molecular formula is C21H25N. The van der Waals surface area contributed by atoms with Crippen LogP contribution in [-0.2, 0) is 0 Å². The van der Waals surface area contributed by atoms with Crippen molar-refractivity contribution in [2.75, 3.05) is 7.05 Å². The minimum atomic E-state index is 0.0522. The van der Waals surface area contributed by atoms with Gasteiger partial charge in [-0.3, -0.25) is 4.90 Å². The predicted molar refractivity (Wildman–Crippen MR) is 94.9 cm³/mol. The number of hydrogen-bond donors (Lipinski definition) is 0. The van der Waals surface area contributed by atoms with E-state index in [1.165, 1.54) is 17.5 Å². The molecule has 0 N–H and O–H groups in total. The maximum Gasteiger partial charge on any atom is 0.0435 e. The van der Waals surface area contributed by atoms with Gasteiger partial charge in [-0.2, -0.15) is 0 Å². The van der Waals surface area contributed by atoms with E-state index in [2.05, 4.69) is 98.6 Å². The van der Waals surface area contributed by atoms with Gasteiger partial charge in [-0.05, 0) is 38.4 Å². The summed E-state index contributed by atoms with van der Waals surface area (Å²) in [5.74, 6) is 0.536. The lowest BCUT2D eigenvalue weighted by Crippen LogP contribution is -2.42. The van der Waals surface area contributed by atoms with E-state index in [1.54, 1.807) is 0 Å². The van der Waals surface area contributed by atoms with E-state index in [-0.39, 0.29) is 5.54 Å². The first-order chi connectivity index (χ1) is 10.6. The topological polar surface area (TPSA) is 3.24 Å². The minimum absolute atomic E-state index is 0.0522. The van der Waals surface area contributed by atoms with Gasteiger partial charge < -0.3 is 0 Å². The molecule has 1 fully saturated rings. The van der Waals surface area contributed by atoms with Crippen molar-refractivity contribution in [3.63, 3.8) is 0 Å². The van der Waals surface area contributed by atoms with Gasteiger partial charge in [0.2, 0.25) is 0 Å². The molecular weight excluding hydrogens is 266 g/mol. The Morgan fingerprint density at radius 2 is 1.59 bits per heavy atom. The molecule has 2 aromatic carbocycles. The summed E-state index contributed by atoms with van der Waals surface area (Å²) in [5, 5.41) is 0. The zero-order valence-electron chi connectivity index (χ0n) is 13.7. The summed E-state index contributed by atoms with van der Waals surface area (Å²) in [6.07, 6.45) is 5.87. The summed E-state index contributed by atoms with van der Waals surface area (Å²) >= 11 is 0. The summed E-state index contributed by atoms with van der Waals surface area (Å²) in [7, 11) is 2.25. The predicted octanol–water partition coefficient (Wildman–Crippen LogP) is 4.97. The van der Waals surface area contributed by atoms with Gasteiger partial charge in [0.05, 0.1) is 0 Å². The van der Waals surface area contributed by atoms with Crippen molar-refractivity contribution in [1.82, 2.24) is 4.90 Å². The third-order valence-electron chi connectivity index (χ3n) is 5.32. The lowest BCUT2D eigenvalue weighted by Gasteiger charge is -2.36. The average Bonchev–Trinajstić information content (AvgIpc) is 2.80. The first-order valence-electron chi connectivity index (χ1n) is 8.13. The van der Waals surface area contributed by atoms with Gasteiger partial charge in [0.15, 0.2) is 0 Å². The van der Waals surface area contributed by atoms with Crippen LogP contribution in [0.25, 0.3) is 6.08 Å². The maximum atomic E-state index is 2.52. The molecule has 0 amide bonds. The van der Waals surface area contributed by atoms with E-state index in [1.807, 2.05) is 0 Å². The Labute approximate surface area is 134 Å². The van der Waals surface area contributed by atoms with Crippen LogP contribution in [0.15, 0.2) is 66.7 Å². The summed E-state index contributed by atoms with van der Waals surface area (Å²) in [6, 6.07) is 22.1. The van der Waals surface area contributed by atoms with Gasteiger partial charge in [-0.25, -0.2) is 0 Å². The fraction of sp³-hybridized carbons (Fsp3) is 0.333. The van der Waals surface area contributed by atoms with Crippen LogP contribution in [0.1, 0.15) is 37.3 Å². The highest BCUT2D eigenvalue weighted by molar-refractivity contribution is 5.51. The Morgan fingerprint density at radius 3 is 2.23 bits per heavy atom. The molecule has 0 aromatic heterocycles. The van der Waals surface area contributed by atoms with Gasteiger partial charge in [-0.1, -0.05) is 72.8 Å². The molecule has 1 aliphatic heterocycles. The molecule has 1 unspecified atom stereocenters. The molecule has 0 aliphatic carbocycles. The van der Waals surface area contributed by atoms with Crippen LogP contribution >= 0.6 is 0 Å². The Kier molecular flexibility index (Phi) is 4.17. The third kappa shape index (κ3) is 2.74. The standard InChI is InChI=1S/C21H25N/c1-17-16-20(19-12-8-5-9-13-19)21(2,22(17)3)15-14-18-10-6-4-7-11-18/h4-15,17,20H,16H2,1-3H3/t17?,20-,21-/m1/s1. The molecule has 1 saturated heterocycles. The van der Waals surface area contributed by atoms with E-state index < -0.39 is 0 Å². The molecule has 3 atom stereocenters. The normalized spacial score (nSPS) is 29.2. The molecule has 1 nitrogen and oxygen atoms in total. The monoisotopic (exact) mass is 291 g/mol. The van der Waals surface area contributed by atoms with E-state index in [9.17, 15) is 0 Å². The summed E-state index contributed by atoms with van der Waals surface area (Å²) in [6.45, 7) is 4.70. The third-order valence-corrected chi connectivity index (χ3v) is 5.32. The highest BCUT2D eigenvalue weighted by Crippen LogP contribution is 2.45. The molecule has 2 aromatic rings. The Hall–Kier alpha value is -1.86. The highest BCUT2D eigenvalue weighted by Gasteiger charge is 2.45. The zero-order chi connectivity index (χ0) is 15.6. The molecule has 0 spiro atoms. The second kappa shape index (κ2) is 6.10. The van der Waals surface area contributed by atoms with Crippen LogP contribution in [0.2, 0.25) is 0 Å². The fourth-order valence-corrected chi connectivity index (χ4v) is 3.68. The average molecular weight is 291 g/mol. The molecule has 0 radical (unpaired) electrons. The lowest BCUT2D eigenvalue weighted by molar-refractivity contribution is 0.196. The van der Waals surface area contributed by atoms with Crippen LogP contribution in [0, 0.1) is 0 Å². The quantitative estimate of drug-likeness (QED) is 0.772. The summed E-state index contributed by atoms with van der Waals surface area (Å²) in [4.78, 5) is 2.52. The first kappa shape index (κ1) is 15.1. The van der Waals surface area contributed by atoms with E-state index >= 15 is 0 Å². The van der Waals surface area contributed by atoms with Crippen molar-refractivity contribution in [2.45, 2.75) is 37.8 Å².